The van der Waals surface area contributed by atoms with E-state index in [2.05, 4.69) is 27.1 Å². The summed E-state index contributed by atoms with van der Waals surface area (Å²) >= 11 is 6.29. The van der Waals surface area contributed by atoms with Gasteiger partial charge in [0.25, 0.3) is 5.91 Å². The predicted molar refractivity (Wildman–Crippen MR) is 107 cm³/mol. The minimum Gasteiger partial charge on any atom is -0.361 e. The maximum absolute atomic E-state index is 13.2. The quantitative estimate of drug-likeness (QED) is 0.697. The van der Waals surface area contributed by atoms with E-state index in [-0.39, 0.29) is 5.91 Å². The second-order valence-electron chi connectivity index (χ2n) is 7.52. The molecule has 0 bridgehead atoms. The van der Waals surface area contributed by atoms with E-state index in [4.69, 9.17) is 16.1 Å². The zero-order chi connectivity index (χ0) is 20.3. The number of amides is 1. The van der Waals surface area contributed by atoms with E-state index < -0.39 is 0 Å². The molecule has 0 spiro atoms. The standard InChI is InChI=1S/C19H29ClN6O2/c1-14-18(15(2)28-22-14)19(27)26(13-17-16(20)12-24(4)21-17)7-5-6-25-10-8-23(3)9-11-25/h12H,5-11,13H2,1-4H3. The first-order valence-corrected chi connectivity index (χ1v) is 10.0. The molecule has 0 N–H and O–H groups in total. The van der Waals surface area contributed by atoms with E-state index in [1.54, 1.807) is 29.6 Å². The predicted octanol–water partition coefficient (Wildman–Crippen LogP) is 1.96. The van der Waals surface area contributed by atoms with Crippen molar-refractivity contribution >= 4 is 17.5 Å². The number of nitrogens with zero attached hydrogens (tertiary/aromatic N) is 6. The lowest BCUT2D eigenvalue weighted by atomic mass is 10.1. The lowest BCUT2D eigenvalue weighted by Gasteiger charge is -2.33. The van der Waals surface area contributed by atoms with Crippen LogP contribution in [0.3, 0.4) is 0 Å². The minimum absolute atomic E-state index is 0.0867. The Labute approximate surface area is 171 Å². The highest BCUT2D eigenvalue weighted by Gasteiger charge is 2.25. The minimum atomic E-state index is -0.0867. The summed E-state index contributed by atoms with van der Waals surface area (Å²) in [7, 11) is 3.97. The number of carbonyl (C=O) groups excluding carboxylic acids is 1. The lowest BCUT2D eigenvalue weighted by Crippen LogP contribution is -2.45. The second-order valence-corrected chi connectivity index (χ2v) is 7.93. The molecule has 8 nitrogen and oxygen atoms in total. The van der Waals surface area contributed by atoms with E-state index in [1.165, 1.54) is 0 Å². The molecule has 3 rings (SSSR count). The fraction of sp³-hybridized carbons (Fsp3) is 0.632. The Hall–Kier alpha value is -1.90. The van der Waals surface area contributed by atoms with Gasteiger partial charge in [-0.15, -0.1) is 0 Å². The van der Waals surface area contributed by atoms with Gasteiger partial charge in [0.15, 0.2) is 0 Å². The molecule has 0 unspecified atom stereocenters. The average Bonchev–Trinajstić information content (AvgIpc) is 3.15. The summed E-state index contributed by atoms with van der Waals surface area (Å²) in [5.41, 5.74) is 1.84. The Morgan fingerprint density at radius 1 is 1.25 bits per heavy atom. The van der Waals surface area contributed by atoms with Crippen molar-refractivity contribution in [2.24, 2.45) is 7.05 Å². The van der Waals surface area contributed by atoms with E-state index in [0.29, 0.717) is 40.8 Å². The molecule has 154 valence electrons. The number of hydrogen-bond acceptors (Lipinski definition) is 6. The first-order chi connectivity index (χ1) is 13.3. The van der Waals surface area contributed by atoms with Gasteiger partial charge in [-0.2, -0.15) is 5.10 Å². The van der Waals surface area contributed by atoms with Crippen LogP contribution in [0.2, 0.25) is 5.02 Å². The highest BCUT2D eigenvalue weighted by Crippen LogP contribution is 2.20. The van der Waals surface area contributed by atoms with Crippen molar-refractivity contribution in [3.05, 3.63) is 33.9 Å². The van der Waals surface area contributed by atoms with E-state index >= 15 is 0 Å². The number of carbonyl (C=O) groups is 1. The Balaban J connectivity index is 1.69. The summed E-state index contributed by atoms with van der Waals surface area (Å²) in [5, 5.41) is 8.90. The number of aromatic nitrogens is 3. The van der Waals surface area contributed by atoms with Crippen molar-refractivity contribution in [1.82, 2.24) is 29.6 Å². The molecular weight excluding hydrogens is 380 g/mol. The number of likely N-dealkylation sites (N-methyl/N-ethyl adjacent to an activating group) is 1. The average molecular weight is 409 g/mol. The van der Waals surface area contributed by atoms with Crippen LogP contribution in [0.25, 0.3) is 0 Å². The Morgan fingerprint density at radius 2 is 1.96 bits per heavy atom. The van der Waals surface area contributed by atoms with Crippen LogP contribution in [-0.2, 0) is 13.6 Å². The second kappa shape index (κ2) is 9.07. The normalized spacial score (nSPS) is 15.9. The third-order valence-electron chi connectivity index (χ3n) is 5.23. The maximum atomic E-state index is 13.2. The van der Waals surface area contributed by atoms with Crippen molar-refractivity contribution in [2.75, 3.05) is 46.3 Å². The van der Waals surface area contributed by atoms with E-state index in [9.17, 15) is 4.79 Å². The van der Waals surface area contributed by atoms with Gasteiger partial charge in [-0.3, -0.25) is 9.48 Å². The van der Waals surface area contributed by atoms with Gasteiger partial charge >= 0.3 is 0 Å². The maximum Gasteiger partial charge on any atom is 0.259 e. The van der Waals surface area contributed by atoms with Crippen LogP contribution in [0.4, 0.5) is 0 Å². The van der Waals surface area contributed by atoms with Crippen molar-refractivity contribution in [3.8, 4) is 0 Å². The Bertz CT molecular complexity index is 790. The number of aryl methyl sites for hydroxylation is 3. The number of hydrogen-bond donors (Lipinski definition) is 0. The molecule has 1 fully saturated rings. The van der Waals surface area contributed by atoms with Gasteiger partial charge in [0.05, 0.1) is 17.3 Å². The van der Waals surface area contributed by atoms with Gasteiger partial charge in [0.1, 0.15) is 17.0 Å². The summed E-state index contributed by atoms with van der Waals surface area (Å²) in [6.07, 6.45) is 2.64. The monoisotopic (exact) mass is 408 g/mol. The molecule has 1 saturated heterocycles. The van der Waals surface area contributed by atoms with Gasteiger partial charge in [0, 0.05) is 46.0 Å². The van der Waals surface area contributed by atoms with Crippen molar-refractivity contribution < 1.29 is 9.32 Å². The summed E-state index contributed by atoms with van der Waals surface area (Å²) in [6, 6.07) is 0. The Kier molecular flexibility index (Phi) is 6.74. The molecule has 3 heterocycles. The van der Waals surface area contributed by atoms with Crippen molar-refractivity contribution in [3.63, 3.8) is 0 Å². The number of rotatable bonds is 7. The van der Waals surface area contributed by atoms with Gasteiger partial charge in [-0.1, -0.05) is 16.8 Å². The zero-order valence-electron chi connectivity index (χ0n) is 17.1. The molecule has 1 aliphatic rings. The molecule has 2 aromatic heterocycles. The van der Waals surface area contributed by atoms with Gasteiger partial charge in [-0.25, -0.2) is 0 Å². The molecule has 9 heteroatoms. The molecule has 28 heavy (non-hydrogen) atoms. The third-order valence-corrected chi connectivity index (χ3v) is 5.54. The van der Waals surface area contributed by atoms with Crippen LogP contribution < -0.4 is 0 Å². The highest BCUT2D eigenvalue weighted by molar-refractivity contribution is 6.31. The third kappa shape index (κ3) is 4.92. The first kappa shape index (κ1) is 20.8. The van der Waals surface area contributed by atoms with Gasteiger partial charge in [-0.05, 0) is 33.9 Å². The molecule has 1 amide bonds. The lowest BCUT2D eigenvalue weighted by molar-refractivity contribution is 0.0724. The van der Waals surface area contributed by atoms with Gasteiger partial charge < -0.3 is 19.2 Å². The van der Waals surface area contributed by atoms with Crippen molar-refractivity contribution in [2.45, 2.75) is 26.8 Å². The molecule has 0 saturated carbocycles. The highest BCUT2D eigenvalue weighted by atomic mass is 35.5. The number of halogens is 1. The summed E-state index contributed by atoms with van der Waals surface area (Å²) in [6.45, 7) is 9.84. The smallest absolute Gasteiger partial charge is 0.259 e. The van der Waals surface area contributed by atoms with Crippen LogP contribution in [0.5, 0.6) is 0 Å². The zero-order valence-corrected chi connectivity index (χ0v) is 17.9. The molecule has 0 radical (unpaired) electrons. The van der Waals surface area contributed by atoms with Crippen LogP contribution in [0, 0.1) is 13.8 Å². The molecular formula is C19H29ClN6O2. The van der Waals surface area contributed by atoms with Crippen molar-refractivity contribution in [1.29, 1.82) is 0 Å². The number of piperazine rings is 1. The molecule has 0 aromatic carbocycles. The van der Waals surface area contributed by atoms with Crippen LogP contribution in [0.15, 0.2) is 10.7 Å². The first-order valence-electron chi connectivity index (χ1n) is 9.66. The summed E-state index contributed by atoms with van der Waals surface area (Å²) in [5.74, 6) is 0.454. The van der Waals surface area contributed by atoms with Crippen LogP contribution in [0.1, 0.15) is 33.9 Å². The van der Waals surface area contributed by atoms with Crippen LogP contribution >= 0.6 is 11.6 Å². The van der Waals surface area contributed by atoms with Crippen LogP contribution in [-0.4, -0.2) is 81.9 Å². The molecule has 1 aliphatic heterocycles. The fourth-order valence-corrected chi connectivity index (χ4v) is 3.79. The fourth-order valence-electron chi connectivity index (χ4n) is 3.55. The van der Waals surface area contributed by atoms with Gasteiger partial charge in [0.2, 0.25) is 0 Å². The molecule has 0 aliphatic carbocycles. The largest absolute Gasteiger partial charge is 0.361 e. The summed E-state index contributed by atoms with van der Waals surface area (Å²) < 4.78 is 6.87. The molecule has 0 atom stereocenters. The topological polar surface area (TPSA) is 70.6 Å². The van der Waals surface area contributed by atoms with E-state index in [1.807, 2.05) is 7.05 Å². The SMILES string of the molecule is Cc1noc(C)c1C(=O)N(CCCN1CCN(C)CC1)Cc1nn(C)cc1Cl. The molecule has 2 aromatic rings. The Morgan fingerprint density at radius 3 is 2.54 bits per heavy atom. The summed E-state index contributed by atoms with van der Waals surface area (Å²) in [4.78, 5) is 19.8. The van der Waals surface area contributed by atoms with E-state index in [0.717, 1.165) is 39.1 Å².